The molecule has 3 aliphatic heterocycles. The van der Waals surface area contributed by atoms with Gasteiger partial charge in [-0.05, 0) is 118 Å². The van der Waals surface area contributed by atoms with E-state index in [-0.39, 0.29) is 13.4 Å². The largest absolute Gasteiger partial charge is 0.457 e. The lowest BCUT2D eigenvalue weighted by Crippen LogP contribution is -2.57. The first-order valence-corrected chi connectivity index (χ1v) is 44.3. The molecular weight excluding hydrogens is 1590 g/mol. The number of hydrogen-bond acceptors (Lipinski definition) is 7. The second kappa shape index (κ2) is 30.4. The van der Waals surface area contributed by atoms with Gasteiger partial charge < -0.3 is 31.4 Å². The third kappa shape index (κ3) is 11.8. The van der Waals surface area contributed by atoms with Crippen molar-refractivity contribution in [2.75, 3.05) is 0 Å². The number of nitrogens with zero attached hydrogens (tertiary/aromatic N) is 6. The lowest BCUT2D eigenvalue weighted by atomic mass is 9.36. The van der Waals surface area contributed by atoms with Gasteiger partial charge in [0.05, 0.1) is 22.1 Å². The van der Waals surface area contributed by atoms with Crippen molar-refractivity contribution in [3.05, 3.63) is 443 Å². The molecule has 0 fully saturated rings. The molecule has 0 spiro atoms. The van der Waals surface area contributed by atoms with Gasteiger partial charge in [-0.3, -0.25) is 0 Å². The van der Waals surface area contributed by atoms with Crippen LogP contribution < -0.4 is 49.7 Å². The predicted molar refractivity (Wildman–Crippen MR) is 537 cm³/mol. The van der Waals surface area contributed by atoms with Gasteiger partial charge in [0.2, 0.25) is 0 Å². The Labute approximate surface area is 748 Å². The molecule has 17 aromatic carbocycles. The fourth-order valence-electron chi connectivity index (χ4n) is 21.2. The van der Waals surface area contributed by atoms with Gasteiger partial charge in [0.1, 0.15) is 51.1 Å². The van der Waals surface area contributed by atoms with Gasteiger partial charge in [0, 0.05) is 116 Å². The van der Waals surface area contributed by atoms with Crippen molar-refractivity contribution in [2.24, 2.45) is 0 Å². The van der Waals surface area contributed by atoms with Gasteiger partial charge in [-0.2, -0.15) is 0 Å². The average molecular weight is 1660 g/mol. The maximum Gasteiger partial charge on any atom is 0.300 e. The number of aromatic nitrogens is 6. The first-order chi connectivity index (χ1) is 64.6. The molecule has 3 aliphatic rings. The Balaban J connectivity index is 0.000000103. The first-order valence-electron chi connectivity index (χ1n) is 44.3. The Kier molecular flexibility index (Phi) is 17.4. The number of fused-ring (bicyclic) bond motifs is 30. The zero-order valence-corrected chi connectivity index (χ0v) is 70.2. The van der Waals surface area contributed by atoms with Crippen LogP contribution in [-0.4, -0.2) is 48.8 Å². The van der Waals surface area contributed by atoms with Gasteiger partial charge in [0.15, 0.2) is 11.6 Å². The molecule has 0 unspecified atom stereocenters. The van der Waals surface area contributed by atoms with E-state index >= 15 is 0 Å². The predicted octanol–water partition coefficient (Wildman–Crippen LogP) is 23.0. The minimum absolute atomic E-state index is 0.0428. The zero-order chi connectivity index (χ0) is 85.4. The van der Waals surface area contributed by atoms with Gasteiger partial charge >= 0.3 is 0 Å². The smallest absolute Gasteiger partial charge is 0.300 e. The van der Waals surface area contributed by atoms with E-state index in [0.29, 0.717) is 17.4 Å². The highest BCUT2D eigenvalue weighted by Gasteiger charge is 2.45. The molecule has 28 rings (SSSR count). The Morgan fingerprint density at radius 3 is 0.885 bits per heavy atom. The summed E-state index contributed by atoms with van der Waals surface area (Å²) in [5.41, 5.74) is 33.0. The number of benzene rings is 17. The molecule has 0 saturated heterocycles. The fraction of sp³-hybridized carbons (Fsp3) is 0. The average Bonchev–Trinajstić information content (AvgIpc) is 1.44. The Bertz CT molecular complexity index is 8370. The summed E-state index contributed by atoms with van der Waals surface area (Å²) in [6.07, 6.45) is 0. The fourth-order valence-corrected chi connectivity index (χ4v) is 21.2. The highest BCUT2D eigenvalue weighted by atomic mass is 16.4. The monoisotopic (exact) mass is 1660 g/mol. The second-order valence-corrected chi connectivity index (χ2v) is 33.6. The van der Waals surface area contributed by atoms with E-state index in [9.17, 15) is 0 Å². The van der Waals surface area contributed by atoms with E-state index in [1.165, 1.54) is 110 Å². The lowest BCUT2D eigenvalue weighted by molar-refractivity contribution is 0.627. The second-order valence-electron chi connectivity index (χ2n) is 33.6. The van der Waals surface area contributed by atoms with Crippen LogP contribution in [0, 0.1) is 0 Å². The van der Waals surface area contributed by atoms with E-state index in [1.807, 2.05) is 97.1 Å². The number of hydrogen-bond donors (Lipinski definition) is 0. The standard InChI is InChI=1S/C40H27BN2.C40H24BNO2.C37H22BN3O2/c1-4-16-28(17-5-1)41-39-37(33-24-12-14-26-35(33)42(39)29-18-6-2-7-19-29)31-22-10-11-23-32(31)38-34-25-13-15-27-36(34)43(40(38)41)30-20-8-3-9-21-30;1-2-12-26(13-3-1)42-33-19-9-6-14-27(33)32-24-25(22-23-34(32)42)41-37-30-17-7-10-20-35(30)43-39(37)28-15-4-5-16-29(28)40-38(41)31-18-8-11-21-36(31)44-40;1-3-13-23(14-4-1)35-39-36(24-15-5-2-6-16-24)41-37(40-35)38-31-27-19-9-11-21-29(27)42-33(31)25-17-7-8-18-26(25)34-32(38)28-20-10-12-22-30(28)43-34/h1-27H;1-24H;1-22H. The van der Waals surface area contributed by atoms with E-state index < -0.39 is 6.71 Å². The topological polar surface area (TPSA) is 106 Å². The van der Waals surface area contributed by atoms with Gasteiger partial charge in [-0.25, -0.2) is 15.0 Å². The van der Waals surface area contributed by atoms with Crippen LogP contribution >= 0.6 is 0 Å². The van der Waals surface area contributed by atoms with Gasteiger partial charge in [-0.15, -0.1) is 0 Å². The summed E-state index contributed by atoms with van der Waals surface area (Å²) in [5.74, 6) is 4.67. The molecule has 0 bridgehead atoms. The lowest BCUT2D eigenvalue weighted by Gasteiger charge is -2.22. The molecule has 10 nitrogen and oxygen atoms in total. The maximum atomic E-state index is 6.74. The molecule has 130 heavy (non-hydrogen) atoms. The molecule has 25 aromatic rings. The molecule has 13 heteroatoms. The quantitative estimate of drug-likeness (QED) is 0.140. The highest BCUT2D eigenvalue weighted by molar-refractivity contribution is 7.01. The van der Waals surface area contributed by atoms with Gasteiger partial charge in [-0.1, -0.05) is 369 Å². The SMILES string of the molecule is c1ccc(-c2nc(B3c4c(oc5ccccc45)-c4ccccc4-c4oc5ccccc5c43)nc(-c3ccccc3)n2)cc1.c1ccc(-n2c3ccccc3c3cc(B4c5c(oc6ccccc56)-c5ccccc5-c5oc6ccccc6c54)ccc32)cc1.c1ccc(B2c3c(c4ccccc4n3-c3ccccc3)-c3ccccc3-c3c2n(-c2ccccc2)c2ccccc32)cc1. The Hall–Kier alpha value is -17.0. The molecule has 604 valence electrons. The Morgan fingerprint density at radius 2 is 0.492 bits per heavy atom. The summed E-state index contributed by atoms with van der Waals surface area (Å²) >= 11 is 0. The minimum atomic E-state index is -0.391. The van der Waals surface area contributed by atoms with Crippen molar-refractivity contribution in [1.29, 1.82) is 0 Å². The summed E-state index contributed by atoms with van der Waals surface area (Å²) in [6.45, 7) is -0.542. The number of furan rings is 4. The van der Waals surface area contributed by atoms with Crippen LogP contribution in [-0.2, 0) is 0 Å². The zero-order valence-electron chi connectivity index (χ0n) is 70.2. The molecule has 0 amide bonds. The minimum Gasteiger partial charge on any atom is -0.457 e. The van der Waals surface area contributed by atoms with Crippen LogP contribution in [0.4, 0.5) is 0 Å². The van der Waals surface area contributed by atoms with E-state index in [4.69, 9.17) is 32.6 Å². The summed E-state index contributed by atoms with van der Waals surface area (Å²) in [7, 11) is 0. The maximum absolute atomic E-state index is 6.74. The third-order valence-corrected chi connectivity index (χ3v) is 26.5. The van der Waals surface area contributed by atoms with Crippen LogP contribution in [0.15, 0.2) is 461 Å². The van der Waals surface area contributed by atoms with Crippen LogP contribution in [0.1, 0.15) is 0 Å². The summed E-state index contributed by atoms with van der Waals surface area (Å²) in [5, 5.41) is 9.33. The Morgan fingerprint density at radius 1 is 0.200 bits per heavy atom. The van der Waals surface area contributed by atoms with Crippen LogP contribution in [0.5, 0.6) is 0 Å². The van der Waals surface area contributed by atoms with Crippen molar-refractivity contribution in [1.82, 2.24) is 28.7 Å². The number of para-hydroxylation sites is 10. The molecule has 0 saturated carbocycles. The first kappa shape index (κ1) is 74.4. The van der Waals surface area contributed by atoms with E-state index in [2.05, 4.69) is 359 Å². The summed E-state index contributed by atoms with van der Waals surface area (Å²) in [6, 6.07) is 156. The molecule has 0 aliphatic carbocycles. The van der Waals surface area contributed by atoms with Gasteiger partial charge in [0.25, 0.3) is 20.1 Å². The van der Waals surface area contributed by atoms with Crippen molar-refractivity contribution in [2.45, 2.75) is 0 Å². The molecule has 8 aromatic heterocycles. The molecule has 0 atom stereocenters. The van der Waals surface area contributed by atoms with Crippen molar-refractivity contribution >= 4 is 157 Å². The number of rotatable bonds is 8. The van der Waals surface area contributed by atoms with E-state index in [1.54, 1.807) is 0 Å². The summed E-state index contributed by atoms with van der Waals surface area (Å²) in [4.78, 5) is 15.4. The molecular formula is C117H73B3N6O4. The summed E-state index contributed by atoms with van der Waals surface area (Å²) < 4.78 is 34.2. The molecule has 11 heterocycles. The van der Waals surface area contributed by atoms with E-state index in [0.717, 1.165) is 117 Å². The normalized spacial score (nSPS) is 12.3. The van der Waals surface area contributed by atoms with Crippen molar-refractivity contribution < 1.29 is 17.7 Å². The molecule has 0 radical (unpaired) electrons. The highest BCUT2D eigenvalue weighted by Crippen LogP contribution is 2.46. The van der Waals surface area contributed by atoms with Crippen molar-refractivity contribution in [3.63, 3.8) is 0 Å². The van der Waals surface area contributed by atoms with Crippen LogP contribution in [0.2, 0.25) is 0 Å². The van der Waals surface area contributed by atoms with Crippen molar-refractivity contribution in [3.8, 4) is 107 Å². The molecule has 0 N–H and O–H groups in total. The third-order valence-electron chi connectivity index (χ3n) is 26.5. The van der Waals surface area contributed by atoms with Crippen LogP contribution in [0.25, 0.3) is 195 Å². The van der Waals surface area contributed by atoms with Crippen LogP contribution in [0.3, 0.4) is 0 Å².